The zero-order chi connectivity index (χ0) is 13.3. The highest BCUT2D eigenvalue weighted by Crippen LogP contribution is 2.48. The normalized spacial score (nSPS) is 24.7. The van der Waals surface area contributed by atoms with Gasteiger partial charge < -0.3 is 15.2 Å². The minimum atomic E-state index is -0.179. The predicted molar refractivity (Wildman–Crippen MR) is 70.2 cm³/mol. The lowest BCUT2D eigenvalue weighted by Gasteiger charge is -2.23. The van der Waals surface area contributed by atoms with Crippen LogP contribution in [0.25, 0.3) is 0 Å². The van der Waals surface area contributed by atoms with Crippen LogP contribution in [0, 0.1) is 5.41 Å². The molecule has 1 aromatic heterocycles. The van der Waals surface area contributed by atoms with Crippen molar-refractivity contribution in [2.24, 2.45) is 11.1 Å². The first-order valence-corrected chi connectivity index (χ1v) is 6.64. The van der Waals surface area contributed by atoms with Gasteiger partial charge in [-0.15, -0.1) is 0 Å². The molecule has 0 aliphatic heterocycles. The summed E-state index contributed by atoms with van der Waals surface area (Å²) in [5.41, 5.74) is 6.31. The summed E-state index contributed by atoms with van der Waals surface area (Å²) < 4.78 is 5.43. The van der Waals surface area contributed by atoms with Crippen molar-refractivity contribution in [1.82, 2.24) is 15.0 Å². The van der Waals surface area contributed by atoms with E-state index in [4.69, 9.17) is 10.3 Å². The first-order valence-electron chi connectivity index (χ1n) is 6.64. The molecule has 0 spiro atoms. The number of aromatic nitrogens is 2. The minimum Gasteiger partial charge on any atom is -0.339 e. The van der Waals surface area contributed by atoms with Gasteiger partial charge in [-0.1, -0.05) is 25.4 Å². The van der Waals surface area contributed by atoms with Crippen molar-refractivity contribution in [3.8, 4) is 0 Å². The Bertz CT molecular complexity index is 399. The Morgan fingerprint density at radius 2 is 2.22 bits per heavy atom. The summed E-state index contributed by atoms with van der Waals surface area (Å²) in [5, 5.41) is 4.04. The molecule has 1 aliphatic rings. The van der Waals surface area contributed by atoms with Crippen LogP contribution in [0.3, 0.4) is 0 Å². The molecule has 2 N–H and O–H groups in total. The fraction of sp³-hybridized carbons (Fsp3) is 0.846. The summed E-state index contributed by atoms with van der Waals surface area (Å²) in [7, 11) is 3.97. The van der Waals surface area contributed by atoms with Gasteiger partial charge in [-0.2, -0.15) is 4.98 Å². The summed E-state index contributed by atoms with van der Waals surface area (Å²) >= 11 is 0. The highest BCUT2D eigenvalue weighted by molar-refractivity contribution is 5.05. The zero-order valence-electron chi connectivity index (χ0n) is 11.8. The van der Waals surface area contributed by atoms with Crippen molar-refractivity contribution in [2.75, 3.05) is 20.6 Å². The van der Waals surface area contributed by atoms with E-state index in [2.05, 4.69) is 24.0 Å². The molecule has 1 heterocycles. The SMILES string of the molecule is CN(C)CC(N)c1noc(C2CCCC2(C)C)n1. The maximum atomic E-state index is 6.05. The van der Waals surface area contributed by atoms with Crippen LogP contribution in [0.4, 0.5) is 0 Å². The van der Waals surface area contributed by atoms with Crippen molar-refractivity contribution in [2.45, 2.75) is 45.1 Å². The highest BCUT2D eigenvalue weighted by Gasteiger charge is 2.39. The maximum absolute atomic E-state index is 6.05. The molecule has 1 aromatic rings. The molecule has 1 aliphatic carbocycles. The second-order valence-corrected chi connectivity index (χ2v) is 6.29. The molecule has 2 unspecified atom stereocenters. The minimum absolute atomic E-state index is 0.179. The summed E-state index contributed by atoms with van der Waals surface area (Å²) in [4.78, 5) is 6.54. The molecule has 102 valence electrons. The van der Waals surface area contributed by atoms with Crippen molar-refractivity contribution in [3.63, 3.8) is 0 Å². The molecule has 18 heavy (non-hydrogen) atoms. The Morgan fingerprint density at radius 1 is 1.50 bits per heavy atom. The molecule has 0 bridgehead atoms. The number of hydrogen-bond donors (Lipinski definition) is 1. The summed E-state index contributed by atoms with van der Waals surface area (Å²) in [6.07, 6.45) is 3.59. The molecule has 2 rings (SSSR count). The van der Waals surface area contributed by atoms with E-state index in [0.29, 0.717) is 11.7 Å². The number of nitrogens with zero attached hydrogens (tertiary/aromatic N) is 3. The third-order valence-electron chi connectivity index (χ3n) is 3.91. The Morgan fingerprint density at radius 3 is 2.78 bits per heavy atom. The molecule has 0 aromatic carbocycles. The van der Waals surface area contributed by atoms with E-state index in [1.54, 1.807) is 0 Å². The highest BCUT2D eigenvalue weighted by atomic mass is 16.5. The van der Waals surface area contributed by atoms with Gasteiger partial charge in [0.05, 0.1) is 6.04 Å². The van der Waals surface area contributed by atoms with Crippen LogP contribution >= 0.6 is 0 Å². The molecule has 2 atom stereocenters. The molecular formula is C13H24N4O. The monoisotopic (exact) mass is 252 g/mol. The van der Waals surface area contributed by atoms with Crippen molar-refractivity contribution < 1.29 is 4.52 Å². The van der Waals surface area contributed by atoms with Gasteiger partial charge in [0.2, 0.25) is 5.89 Å². The molecule has 0 saturated heterocycles. The summed E-state index contributed by atoms with van der Waals surface area (Å²) in [5.74, 6) is 1.77. The van der Waals surface area contributed by atoms with Gasteiger partial charge in [0.25, 0.3) is 0 Å². The maximum Gasteiger partial charge on any atom is 0.230 e. The quantitative estimate of drug-likeness (QED) is 0.886. The van der Waals surface area contributed by atoms with Gasteiger partial charge in [-0.05, 0) is 32.4 Å². The Balaban J connectivity index is 2.10. The number of likely N-dealkylation sites (N-methyl/N-ethyl adjacent to an activating group) is 1. The van der Waals surface area contributed by atoms with Crippen LogP contribution in [0.5, 0.6) is 0 Å². The van der Waals surface area contributed by atoms with E-state index in [-0.39, 0.29) is 11.5 Å². The van der Waals surface area contributed by atoms with Gasteiger partial charge in [-0.25, -0.2) is 0 Å². The molecule has 1 saturated carbocycles. The lowest BCUT2D eigenvalue weighted by molar-refractivity contribution is 0.259. The van der Waals surface area contributed by atoms with E-state index in [1.807, 2.05) is 19.0 Å². The van der Waals surface area contributed by atoms with Gasteiger partial charge in [-0.3, -0.25) is 0 Å². The van der Waals surface area contributed by atoms with E-state index in [1.165, 1.54) is 12.8 Å². The van der Waals surface area contributed by atoms with Crippen LogP contribution in [-0.4, -0.2) is 35.7 Å². The van der Waals surface area contributed by atoms with Crippen LogP contribution in [0.1, 0.15) is 56.8 Å². The second kappa shape index (κ2) is 4.97. The number of hydrogen-bond acceptors (Lipinski definition) is 5. The average Bonchev–Trinajstić information content (AvgIpc) is 2.82. The summed E-state index contributed by atoms with van der Waals surface area (Å²) in [6.45, 7) is 5.27. The molecule has 0 amide bonds. The lowest BCUT2D eigenvalue weighted by Crippen LogP contribution is -2.27. The third-order valence-corrected chi connectivity index (χ3v) is 3.91. The summed E-state index contributed by atoms with van der Waals surface area (Å²) in [6, 6.07) is -0.179. The largest absolute Gasteiger partial charge is 0.339 e. The molecule has 5 nitrogen and oxygen atoms in total. The standard InChI is InChI=1S/C13H24N4O/c1-13(2)7-5-6-9(13)12-15-11(16-18-12)10(14)8-17(3)4/h9-10H,5-8,14H2,1-4H3. The van der Waals surface area contributed by atoms with Crippen molar-refractivity contribution >= 4 is 0 Å². The third kappa shape index (κ3) is 2.72. The Hall–Kier alpha value is -0.940. The topological polar surface area (TPSA) is 68.2 Å². The molecule has 0 radical (unpaired) electrons. The Labute approximate surface area is 109 Å². The van der Waals surface area contributed by atoms with E-state index in [0.717, 1.165) is 18.9 Å². The van der Waals surface area contributed by atoms with Gasteiger partial charge in [0, 0.05) is 12.5 Å². The first kappa shape index (κ1) is 13.5. The second-order valence-electron chi connectivity index (χ2n) is 6.29. The predicted octanol–water partition coefficient (Wildman–Crippen LogP) is 1.92. The van der Waals surface area contributed by atoms with E-state index in [9.17, 15) is 0 Å². The van der Waals surface area contributed by atoms with Crippen LogP contribution in [0.2, 0.25) is 0 Å². The van der Waals surface area contributed by atoms with E-state index >= 15 is 0 Å². The molecule has 1 fully saturated rings. The molecule has 5 heteroatoms. The van der Waals surface area contributed by atoms with Crippen molar-refractivity contribution in [3.05, 3.63) is 11.7 Å². The first-order chi connectivity index (χ1) is 8.40. The fourth-order valence-electron chi connectivity index (χ4n) is 2.80. The van der Waals surface area contributed by atoms with Gasteiger partial charge in [0.15, 0.2) is 5.82 Å². The van der Waals surface area contributed by atoms with E-state index < -0.39 is 0 Å². The van der Waals surface area contributed by atoms with Crippen molar-refractivity contribution in [1.29, 1.82) is 0 Å². The number of rotatable bonds is 4. The van der Waals surface area contributed by atoms with Gasteiger partial charge in [0.1, 0.15) is 0 Å². The fourth-order valence-corrected chi connectivity index (χ4v) is 2.80. The van der Waals surface area contributed by atoms with Crippen LogP contribution in [0.15, 0.2) is 4.52 Å². The number of nitrogens with two attached hydrogens (primary N) is 1. The Kier molecular flexibility index (Phi) is 3.73. The van der Waals surface area contributed by atoms with Crippen LogP contribution in [-0.2, 0) is 0 Å². The van der Waals surface area contributed by atoms with Crippen LogP contribution < -0.4 is 5.73 Å². The average molecular weight is 252 g/mol. The lowest BCUT2D eigenvalue weighted by atomic mass is 9.82. The smallest absolute Gasteiger partial charge is 0.230 e. The zero-order valence-corrected chi connectivity index (χ0v) is 11.8. The van der Waals surface area contributed by atoms with Gasteiger partial charge >= 0.3 is 0 Å². The molecular weight excluding hydrogens is 228 g/mol.